The van der Waals surface area contributed by atoms with Gasteiger partial charge in [-0.3, -0.25) is 4.79 Å². The van der Waals surface area contributed by atoms with Crippen molar-refractivity contribution in [2.24, 2.45) is 23.7 Å². The SMILES string of the molecule is CC(=C[C@@H]1C=C(C)[C@@H]2CC[C@H](C)[C@H]2[C@@]12OC(=O)[C@@](C)(O)C2=O)CCCc1ccoc1. The standard InChI is InChI=1S/C25H32O5/c1-15(6-5-7-18-10-11-29-14-18)12-19-13-17(3)20-9-8-16(2)21(20)25(19)22(26)24(4,28)23(27)30-25/h10-14,16,19-21,28H,5-9H2,1-4H3/t16-,19+,20-,21+,24-,25-/m0/s1. The third kappa shape index (κ3) is 3.18. The van der Waals surface area contributed by atoms with Crippen LogP contribution < -0.4 is 0 Å². The van der Waals surface area contributed by atoms with Crippen molar-refractivity contribution in [3.8, 4) is 0 Å². The van der Waals surface area contributed by atoms with Crippen LogP contribution in [0, 0.1) is 23.7 Å². The molecule has 0 aromatic carbocycles. The Hall–Kier alpha value is -2.14. The van der Waals surface area contributed by atoms with Crippen molar-refractivity contribution in [2.45, 2.75) is 71.0 Å². The molecule has 0 radical (unpaired) electrons. The molecule has 4 rings (SSSR count). The van der Waals surface area contributed by atoms with Gasteiger partial charge in [0, 0.05) is 11.8 Å². The summed E-state index contributed by atoms with van der Waals surface area (Å²) in [6.45, 7) is 7.61. The van der Waals surface area contributed by atoms with E-state index in [0.29, 0.717) is 0 Å². The van der Waals surface area contributed by atoms with Gasteiger partial charge in [0.2, 0.25) is 11.4 Å². The van der Waals surface area contributed by atoms with Crippen LogP contribution in [0.25, 0.3) is 0 Å². The first-order valence-corrected chi connectivity index (χ1v) is 11.0. The van der Waals surface area contributed by atoms with Crippen LogP contribution in [-0.2, 0) is 20.7 Å². The Morgan fingerprint density at radius 2 is 2.10 bits per heavy atom. The maximum atomic E-state index is 13.5. The van der Waals surface area contributed by atoms with Crippen LogP contribution in [0.5, 0.6) is 0 Å². The molecule has 2 heterocycles. The van der Waals surface area contributed by atoms with Crippen molar-refractivity contribution in [3.05, 3.63) is 47.5 Å². The number of aliphatic hydroxyl groups is 1. The van der Waals surface area contributed by atoms with E-state index in [2.05, 4.69) is 32.9 Å². The Kier molecular flexibility index (Phi) is 5.29. The van der Waals surface area contributed by atoms with E-state index in [1.807, 2.05) is 6.07 Å². The van der Waals surface area contributed by atoms with Crippen LogP contribution in [-0.4, -0.2) is 28.1 Å². The molecule has 30 heavy (non-hydrogen) atoms. The van der Waals surface area contributed by atoms with Crippen molar-refractivity contribution in [1.82, 2.24) is 0 Å². The second-order valence-electron chi connectivity index (χ2n) is 9.71. The number of esters is 1. The summed E-state index contributed by atoms with van der Waals surface area (Å²) in [7, 11) is 0. The number of ether oxygens (including phenoxy) is 1. The molecule has 3 aliphatic rings. The lowest BCUT2D eigenvalue weighted by Gasteiger charge is -2.45. The second-order valence-corrected chi connectivity index (χ2v) is 9.71. The number of rotatable bonds is 5. The number of hydrogen-bond donors (Lipinski definition) is 1. The Labute approximate surface area is 178 Å². The first-order chi connectivity index (χ1) is 14.2. The van der Waals surface area contributed by atoms with Crippen molar-refractivity contribution in [1.29, 1.82) is 0 Å². The number of carbonyl (C=O) groups is 2. The first-order valence-electron chi connectivity index (χ1n) is 11.0. The summed E-state index contributed by atoms with van der Waals surface area (Å²) in [6, 6.07) is 1.97. The van der Waals surface area contributed by atoms with E-state index in [4.69, 9.17) is 9.15 Å². The normalized spacial score (nSPS) is 38.7. The van der Waals surface area contributed by atoms with E-state index < -0.39 is 23.0 Å². The lowest BCUT2D eigenvalue weighted by Crippen LogP contribution is -2.57. The molecule has 1 spiro atoms. The van der Waals surface area contributed by atoms with E-state index >= 15 is 0 Å². The van der Waals surface area contributed by atoms with Crippen LogP contribution in [0.15, 0.2) is 46.3 Å². The first kappa shape index (κ1) is 21.1. The minimum atomic E-state index is -2.08. The summed E-state index contributed by atoms with van der Waals surface area (Å²) in [4.78, 5) is 26.1. The maximum Gasteiger partial charge on any atom is 0.346 e. The van der Waals surface area contributed by atoms with Crippen LogP contribution in [0.1, 0.15) is 58.9 Å². The van der Waals surface area contributed by atoms with E-state index in [1.165, 1.54) is 18.1 Å². The van der Waals surface area contributed by atoms with Gasteiger partial charge >= 0.3 is 5.97 Å². The predicted molar refractivity (Wildman–Crippen MR) is 112 cm³/mol. The fourth-order valence-electron chi connectivity index (χ4n) is 5.96. The average Bonchev–Trinajstić information content (AvgIpc) is 3.37. The van der Waals surface area contributed by atoms with E-state index in [1.54, 1.807) is 12.5 Å². The Bertz CT molecular complexity index is 891. The Morgan fingerprint density at radius 3 is 2.73 bits per heavy atom. The van der Waals surface area contributed by atoms with E-state index in [-0.39, 0.29) is 23.7 Å². The quantitative estimate of drug-likeness (QED) is 0.441. The number of furan rings is 1. The Morgan fingerprint density at radius 1 is 1.33 bits per heavy atom. The zero-order valence-corrected chi connectivity index (χ0v) is 18.3. The summed E-state index contributed by atoms with van der Waals surface area (Å²) < 4.78 is 11.0. The number of Topliss-reactive ketones (excluding diaryl/α,β-unsaturated/α-hetero) is 1. The molecule has 162 valence electrons. The van der Waals surface area contributed by atoms with Crippen molar-refractivity contribution >= 4 is 11.8 Å². The van der Waals surface area contributed by atoms with Crippen molar-refractivity contribution < 1.29 is 23.8 Å². The topological polar surface area (TPSA) is 76.7 Å². The maximum absolute atomic E-state index is 13.5. The monoisotopic (exact) mass is 412 g/mol. The highest BCUT2D eigenvalue weighted by Crippen LogP contribution is 2.57. The van der Waals surface area contributed by atoms with Gasteiger partial charge in [-0.05, 0) is 76.3 Å². The Balaban J connectivity index is 1.66. The third-order valence-electron chi connectivity index (χ3n) is 7.53. The molecule has 0 bridgehead atoms. The molecular weight excluding hydrogens is 380 g/mol. The van der Waals surface area contributed by atoms with Gasteiger partial charge < -0.3 is 14.3 Å². The van der Waals surface area contributed by atoms with Gasteiger partial charge in [-0.2, -0.15) is 0 Å². The molecule has 6 atom stereocenters. The molecule has 2 fully saturated rings. The smallest absolute Gasteiger partial charge is 0.346 e. The highest BCUT2D eigenvalue weighted by Gasteiger charge is 2.71. The molecule has 1 aromatic heterocycles. The predicted octanol–water partition coefficient (Wildman–Crippen LogP) is 4.40. The molecule has 1 saturated carbocycles. The molecule has 0 amide bonds. The van der Waals surface area contributed by atoms with Gasteiger partial charge in [-0.15, -0.1) is 0 Å². The molecule has 1 aromatic rings. The lowest BCUT2D eigenvalue weighted by atomic mass is 9.60. The fraction of sp³-hybridized carbons (Fsp3) is 0.600. The molecular formula is C25H32O5. The van der Waals surface area contributed by atoms with Gasteiger partial charge in [0.05, 0.1) is 12.5 Å². The van der Waals surface area contributed by atoms with Crippen molar-refractivity contribution in [3.63, 3.8) is 0 Å². The van der Waals surface area contributed by atoms with Gasteiger partial charge in [0.25, 0.3) is 0 Å². The van der Waals surface area contributed by atoms with Gasteiger partial charge in [-0.25, -0.2) is 4.79 Å². The largest absolute Gasteiger partial charge is 0.472 e. The molecule has 0 unspecified atom stereocenters. The van der Waals surface area contributed by atoms with Crippen LogP contribution in [0.2, 0.25) is 0 Å². The zero-order chi connectivity index (χ0) is 21.7. The third-order valence-corrected chi connectivity index (χ3v) is 7.53. The summed E-state index contributed by atoms with van der Waals surface area (Å²) >= 11 is 0. The van der Waals surface area contributed by atoms with Gasteiger partial charge in [0.15, 0.2) is 5.60 Å². The summed E-state index contributed by atoms with van der Waals surface area (Å²) in [5, 5.41) is 10.6. The number of hydrogen-bond acceptors (Lipinski definition) is 5. The zero-order valence-electron chi connectivity index (χ0n) is 18.3. The summed E-state index contributed by atoms with van der Waals surface area (Å²) in [5.41, 5.74) is 0.218. The molecule has 1 N–H and O–H groups in total. The molecule has 1 saturated heterocycles. The van der Waals surface area contributed by atoms with Crippen LogP contribution >= 0.6 is 0 Å². The highest BCUT2D eigenvalue weighted by molar-refractivity contribution is 6.16. The number of aryl methyl sites for hydroxylation is 1. The number of ketones is 1. The van der Waals surface area contributed by atoms with E-state index in [0.717, 1.165) is 37.7 Å². The molecule has 1 aliphatic heterocycles. The summed E-state index contributed by atoms with van der Waals surface area (Å²) in [5.74, 6) is -1.25. The molecule has 5 heteroatoms. The lowest BCUT2D eigenvalue weighted by molar-refractivity contribution is -0.167. The molecule has 2 aliphatic carbocycles. The number of allylic oxidation sites excluding steroid dienone is 2. The number of fused-ring (bicyclic) bond motifs is 2. The second kappa shape index (κ2) is 7.52. The highest BCUT2D eigenvalue weighted by atomic mass is 16.6. The molecule has 5 nitrogen and oxygen atoms in total. The fourth-order valence-corrected chi connectivity index (χ4v) is 5.96. The van der Waals surface area contributed by atoms with Crippen LogP contribution in [0.4, 0.5) is 0 Å². The van der Waals surface area contributed by atoms with Gasteiger partial charge in [0.1, 0.15) is 0 Å². The van der Waals surface area contributed by atoms with Crippen molar-refractivity contribution in [2.75, 3.05) is 0 Å². The average molecular weight is 413 g/mol. The van der Waals surface area contributed by atoms with Gasteiger partial charge in [-0.1, -0.05) is 30.2 Å². The van der Waals surface area contributed by atoms with E-state index in [9.17, 15) is 14.7 Å². The van der Waals surface area contributed by atoms with Crippen LogP contribution in [0.3, 0.4) is 0 Å². The summed E-state index contributed by atoms with van der Waals surface area (Å²) in [6.07, 6.45) is 12.4. The number of carbonyl (C=O) groups excluding carboxylic acids is 2. The minimum Gasteiger partial charge on any atom is -0.472 e. The minimum absolute atomic E-state index is 0.0899.